The van der Waals surface area contributed by atoms with Crippen LogP contribution in [0, 0.1) is 0 Å². The van der Waals surface area contributed by atoms with Crippen molar-refractivity contribution in [3.8, 4) is 11.4 Å². The summed E-state index contributed by atoms with van der Waals surface area (Å²) in [5, 5.41) is 5.68. The Morgan fingerprint density at radius 1 is 1.20 bits per heavy atom. The predicted molar refractivity (Wildman–Crippen MR) is 97.0 cm³/mol. The summed E-state index contributed by atoms with van der Waals surface area (Å²) >= 11 is 0. The Hall–Kier alpha value is -2.96. The number of nitrogens with zero attached hydrogens (tertiary/aromatic N) is 4. The maximum Gasteiger partial charge on any atom is 0.314 e. The van der Waals surface area contributed by atoms with Gasteiger partial charge in [0.2, 0.25) is 0 Å². The van der Waals surface area contributed by atoms with Crippen LogP contribution in [0.2, 0.25) is 0 Å². The molecule has 0 bridgehead atoms. The molecular formula is C18H22N6O. The minimum Gasteiger partial charge on any atom is -0.338 e. The molecular weight excluding hydrogens is 316 g/mol. The van der Waals surface area contributed by atoms with Gasteiger partial charge in [-0.25, -0.2) is 14.8 Å². The van der Waals surface area contributed by atoms with Crippen LogP contribution in [0.25, 0.3) is 22.6 Å². The molecule has 0 saturated heterocycles. The van der Waals surface area contributed by atoms with Crippen molar-refractivity contribution >= 4 is 17.2 Å². The van der Waals surface area contributed by atoms with E-state index in [0.29, 0.717) is 13.1 Å². The lowest BCUT2D eigenvalue weighted by Gasteiger charge is -2.11. The number of carbonyl (C=O) groups excluding carboxylic acids is 1. The Morgan fingerprint density at radius 2 is 2.00 bits per heavy atom. The molecule has 3 rings (SSSR count). The molecule has 0 unspecified atom stereocenters. The first-order valence-electron chi connectivity index (χ1n) is 8.41. The molecule has 0 saturated carbocycles. The Balaban J connectivity index is 1.75. The number of aryl methyl sites for hydroxylation is 1. The van der Waals surface area contributed by atoms with Crippen molar-refractivity contribution in [2.75, 3.05) is 6.54 Å². The predicted octanol–water partition coefficient (Wildman–Crippen LogP) is 2.59. The number of aromatic nitrogens is 4. The largest absolute Gasteiger partial charge is 0.338 e. The van der Waals surface area contributed by atoms with Crippen molar-refractivity contribution in [1.82, 2.24) is 30.2 Å². The van der Waals surface area contributed by atoms with E-state index in [1.165, 1.54) is 0 Å². The number of pyridine rings is 2. The number of amides is 2. The number of rotatable bonds is 6. The summed E-state index contributed by atoms with van der Waals surface area (Å²) in [5.41, 5.74) is 2.71. The third-order valence-electron chi connectivity index (χ3n) is 3.71. The second-order valence-corrected chi connectivity index (χ2v) is 6.08. The number of carbonyl (C=O) groups is 1. The van der Waals surface area contributed by atoms with E-state index < -0.39 is 0 Å². The normalized spacial score (nSPS) is 11.0. The van der Waals surface area contributed by atoms with Crippen LogP contribution in [0.5, 0.6) is 0 Å². The van der Waals surface area contributed by atoms with Crippen LogP contribution in [0.3, 0.4) is 0 Å². The maximum atomic E-state index is 11.7. The van der Waals surface area contributed by atoms with Gasteiger partial charge >= 0.3 is 6.03 Å². The van der Waals surface area contributed by atoms with Gasteiger partial charge in [0.05, 0.1) is 0 Å². The van der Waals surface area contributed by atoms with E-state index in [4.69, 9.17) is 4.98 Å². The van der Waals surface area contributed by atoms with Crippen LogP contribution in [-0.2, 0) is 6.54 Å². The highest BCUT2D eigenvalue weighted by Crippen LogP contribution is 2.23. The minimum atomic E-state index is -0.141. The highest BCUT2D eigenvalue weighted by Gasteiger charge is 2.13. The smallest absolute Gasteiger partial charge is 0.314 e. The molecule has 2 amide bonds. The molecule has 0 aliphatic rings. The Labute approximate surface area is 146 Å². The summed E-state index contributed by atoms with van der Waals surface area (Å²) < 4.78 is 2.09. The average molecular weight is 338 g/mol. The van der Waals surface area contributed by atoms with Gasteiger partial charge in [-0.2, -0.15) is 0 Å². The van der Waals surface area contributed by atoms with Crippen molar-refractivity contribution in [3.05, 3.63) is 42.9 Å². The van der Waals surface area contributed by atoms with E-state index in [0.717, 1.165) is 29.0 Å². The summed E-state index contributed by atoms with van der Waals surface area (Å²) in [6, 6.07) is 7.70. The van der Waals surface area contributed by atoms with Gasteiger partial charge in [-0.15, -0.1) is 0 Å². The second-order valence-electron chi connectivity index (χ2n) is 6.08. The van der Waals surface area contributed by atoms with Gasteiger partial charge in [0.1, 0.15) is 11.3 Å². The molecule has 0 aromatic carbocycles. The molecule has 3 aromatic heterocycles. The molecule has 7 heteroatoms. The number of hydrogen-bond acceptors (Lipinski definition) is 4. The topological polar surface area (TPSA) is 84.7 Å². The van der Waals surface area contributed by atoms with Crippen LogP contribution in [-0.4, -0.2) is 38.1 Å². The fourth-order valence-corrected chi connectivity index (χ4v) is 2.64. The van der Waals surface area contributed by atoms with E-state index in [2.05, 4.69) is 25.2 Å². The lowest BCUT2D eigenvalue weighted by Crippen LogP contribution is -2.40. The van der Waals surface area contributed by atoms with Crippen molar-refractivity contribution in [2.24, 2.45) is 0 Å². The average Bonchev–Trinajstić information content (AvgIpc) is 2.97. The number of fused-ring (bicyclic) bond motifs is 1. The van der Waals surface area contributed by atoms with Crippen molar-refractivity contribution in [1.29, 1.82) is 0 Å². The Bertz CT molecular complexity index is 843. The monoisotopic (exact) mass is 338 g/mol. The summed E-state index contributed by atoms with van der Waals surface area (Å²) in [4.78, 5) is 24.9. The van der Waals surface area contributed by atoms with Gasteiger partial charge in [0, 0.05) is 43.3 Å². The number of nitrogens with one attached hydrogen (secondary N) is 2. The highest BCUT2D eigenvalue weighted by molar-refractivity contribution is 5.77. The van der Waals surface area contributed by atoms with Crippen molar-refractivity contribution in [2.45, 2.75) is 32.9 Å². The van der Waals surface area contributed by atoms with Crippen LogP contribution >= 0.6 is 0 Å². The Kier molecular flexibility index (Phi) is 5.23. The zero-order valence-corrected chi connectivity index (χ0v) is 14.4. The molecule has 0 atom stereocenters. The lowest BCUT2D eigenvalue weighted by molar-refractivity contribution is 0.238. The fourth-order valence-electron chi connectivity index (χ4n) is 2.64. The highest BCUT2D eigenvalue weighted by atomic mass is 16.2. The van der Waals surface area contributed by atoms with Gasteiger partial charge in [-0.1, -0.05) is 0 Å². The quantitative estimate of drug-likeness (QED) is 0.677. The van der Waals surface area contributed by atoms with Crippen molar-refractivity contribution < 1.29 is 4.79 Å². The zero-order valence-electron chi connectivity index (χ0n) is 14.4. The van der Waals surface area contributed by atoms with Gasteiger partial charge in [-0.3, -0.25) is 4.98 Å². The lowest BCUT2D eigenvalue weighted by atomic mass is 10.2. The first-order valence-corrected chi connectivity index (χ1v) is 8.41. The van der Waals surface area contributed by atoms with Gasteiger partial charge in [-0.05, 0) is 44.5 Å². The first-order chi connectivity index (χ1) is 12.1. The zero-order chi connectivity index (χ0) is 17.6. The van der Waals surface area contributed by atoms with Gasteiger partial charge < -0.3 is 15.2 Å². The Morgan fingerprint density at radius 3 is 2.76 bits per heavy atom. The molecule has 0 aliphatic carbocycles. The summed E-state index contributed by atoms with van der Waals surface area (Å²) in [6.45, 7) is 5.17. The molecule has 0 spiro atoms. The summed E-state index contributed by atoms with van der Waals surface area (Å²) in [6.07, 6.45) is 6.06. The fraction of sp³-hybridized carbons (Fsp3) is 0.333. The molecule has 0 aliphatic heterocycles. The molecule has 130 valence electrons. The maximum absolute atomic E-state index is 11.7. The van der Waals surface area contributed by atoms with Gasteiger partial charge in [0.15, 0.2) is 5.65 Å². The van der Waals surface area contributed by atoms with Crippen LogP contribution in [0.15, 0.2) is 42.9 Å². The van der Waals surface area contributed by atoms with E-state index in [1.54, 1.807) is 18.6 Å². The van der Waals surface area contributed by atoms with E-state index in [1.807, 2.05) is 38.1 Å². The summed E-state index contributed by atoms with van der Waals surface area (Å²) in [5.74, 6) is 0.864. The molecule has 7 nitrogen and oxygen atoms in total. The minimum absolute atomic E-state index is 0.125. The van der Waals surface area contributed by atoms with Crippen molar-refractivity contribution in [3.63, 3.8) is 0 Å². The van der Waals surface area contributed by atoms with Crippen LogP contribution in [0.1, 0.15) is 20.3 Å². The molecule has 3 aromatic rings. The molecule has 0 radical (unpaired) electrons. The standard InChI is InChI=1S/C18H22N6O/c1-13(2)22-18(25)21-9-4-12-24-16(14-6-10-19-11-7-14)23-15-5-3-8-20-17(15)24/h3,5-8,10-11,13H,4,9,12H2,1-2H3,(H2,21,22,25). The van der Waals surface area contributed by atoms with Crippen LogP contribution in [0.4, 0.5) is 4.79 Å². The SMILES string of the molecule is CC(C)NC(=O)NCCCn1c(-c2ccncc2)nc2cccnc21. The van der Waals surface area contributed by atoms with E-state index in [-0.39, 0.29) is 12.1 Å². The molecule has 25 heavy (non-hydrogen) atoms. The molecule has 3 heterocycles. The van der Waals surface area contributed by atoms with Gasteiger partial charge in [0.25, 0.3) is 0 Å². The van der Waals surface area contributed by atoms with Crippen LogP contribution < -0.4 is 10.6 Å². The molecule has 2 N–H and O–H groups in total. The second kappa shape index (κ2) is 7.74. The van der Waals surface area contributed by atoms with E-state index >= 15 is 0 Å². The third kappa shape index (κ3) is 4.12. The van der Waals surface area contributed by atoms with E-state index in [9.17, 15) is 4.79 Å². The third-order valence-corrected chi connectivity index (χ3v) is 3.71. The number of imidazole rings is 1. The number of urea groups is 1. The molecule has 0 fully saturated rings. The first kappa shape index (κ1) is 16.9. The summed E-state index contributed by atoms with van der Waals surface area (Å²) in [7, 11) is 0. The number of hydrogen-bond donors (Lipinski definition) is 2.